The summed E-state index contributed by atoms with van der Waals surface area (Å²) in [5.41, 5.74) is 6.97. The first-order valence-electron chi connectivity index (χ1n) is 8.54. The summed E-state index contributed by atoms with van der Waals surface area (Å²) in [6.45, 7) is 2.13. The van der Waals surface area contributed by atoms with Gasteiger partial charge in [0.1, 0.15) is 5.69 Å². The Kier molecular flexibility index (Phi) is 4.19. The Morgan fingerprint density at radius 1 is 1.15 bits per heavy atom. The van der Waals surface area contributed by atoms with E-state index in [1.54, 1.807) is 12.3 Å². The van der Waals surface area contributed by atoms with E-state index in [1.807, 2.05) is 48.7 Å². The number of hydrogen-bond donors (Lipinski definition) is 2. The highest BCUT2D eigenvalue weighted by atomic mass is 16.2. The number of nitrogens with zero attached hydrogens (tertiary/aromatic N) is 2. The van der Waals surface area contributed by atoms with E-state index in [1.165, 1.54) is 5.56 Å². The molecule has 0 aliphatic heterocycles. The molecule has 2 N–H and O–H groups in total. The molecule has 0 aliphatic carbocycles. The summed E-state index contributed by atoms with van der Waals surface area (Å²) in [6.07, 6.45) is 4.50. The molecule has 0 bridgehead atoms. The number of benzene rings is 2. The first-order chi connectivity index (χ1) is 12.8. The van der Waals surface area contributed by atoms with E-state index in [2.05, 4.69) is 33.5 Å². The molecular formula is C21H18N4O. The molecule has 1 amide bonds. The van der Waals surface area contributed by atoms with Crippen LogP contribution in [0, 0.1) is 0 Å². The zero-order valence-electron chi connectivity index (χ0n) is 14.4. The van der Waals surface area contributed by atoms with Crippen LogP contribution in [0.2, 0.25) is 0 Å². The largest absolute Gasteiger partial charge is 0.360 e. The van der Waals surface area contributed by atoms with Gasteiger partial charge in [-0.25, -0.2) is 10.4 Å². The van der Waals surface area contributed by atoms with Gasteiger partial charge >= 0.3 is 0 Å². The van der Waals surface area contributed by atoms with Crippen molar-refractivity contribution in [2.24, 2.45) is 5.10 Å². The van der Waals surface area contributed by atoms with Gasteiger partial charge in [0.2, 0.25) is 0 Å². The molecule has 0 atom stereocenters. The van der Waals surface area contributed by atoms with Gasteiger partial charge in [-0.1, -0.05) is 49.4 Å². The Morgan fingerprint density at radius 2 is 2.04 bits per heavy atom. The Morgan fingerprint density at radius 3 is 2.92 bits per heavy atom. The summed E-state index contributed by atoms with van der Waals surface area (Å²) in [5.74, 6) is -0.332. The van der Waals surface area contributed by atoms with Gasteiger partial charge in [0.15, 0.2) is 0 Å². The van der Waals surface area contributed by atoms with Crippen LogP contribution in [0.1, 0.15) is 28.5 Å². The van der Waals surface area contributed by atoms with Gasteiger partial charge in [-0.2, -0.15) is 5.10 Å². The molecular weight excluding hydrogens is 324 g/mol. The van der Waals surface area contributed by atoms with E-state index in [4.69, 9.17) is 0 Å². The summed E-state index contributed by atoms with van der Waals surface area (Å²) in [4.78, 5) is 19.9. The van der Waals surface area contributed by atoms with Crippen LogP contribution in [-0.4, -0.2) is 22.1 Å². The fourth-order valence-electron chi connectivity index (χ4n) is 3.05. The summed E-state index contributed by atoms with van der Waals surface area (Å²) in [7, 11) is 0. The number of aryl methyl sites for hydroxylation is 1. The maximum absolute atomic E-state index is 12.3. The zero-order chi connectivity index (χ0) is 17.9. The fourth-order valence-corrected chi connectivity index (χ4v) is 3.05. The van der Waals surface area contributed by atoms with Gasteiger partial charge in [0.05, 0.1) is 11.7 Å². The van der Waals surface area contributed by atoms with Gasteiger partial charge < -0.3 is 4.98 Å². The molecule has 4 rings (SSSR count). The number of hydrogen-bond acceptors (Lipinski definition) is 3. The molecule has 128 valence electrons. The van der Waals surface area contributed by atoms with Crippen molar-refractivity contribution < 1.29 is 4.79 Å². The fraction of sp³-hybridized carbons (Fsp3) is 0.0952. The van der Waals surface area contributed by atoms with Gasteiger partial charge in [-0.05, 0) is 24.1 Å². The summed E-state index contributed by atoms with van der Waals surface area (Å²) in [5, 5.41) is 6.18. The zero-order valence-corrected chi connectivity index (χ0v) is 14.4. The van der Waals surface area contributed by atoms with Crippen LogP contribution in [0.4, 0.5) is 0 Å². The van der Waals surface area contributed by atoms with E-state index in [0.717, 1.165) is 33.8 Å². The van der Waals surface area contributed by atoms with E-state index >= 15 is 0 Å². The number of pyridine rings is 1. The summed E-state index contributed by atoms with van der Waals surface area (Å²) < 4.78 is 0. The van der Waals surface area contributed by atoms with Crippen molar-refractivity contribution in [3.8, 4) is 0 Å². The molecule has 0 saturated carbocycles. The number of hydrazone groups is 1. The first kappa shape index (κ1) is 16.0. The van der Waals surface area contributed by atoms with Crippen LogP contribution in [0.3, 0.4) is 0 Å². The Labute approximate surface area is 150 Å². The van der Waals surface area contributed by atoms with Crippen molar-refractivity contribution >= 4 is 33.9 Å². The lowest BCUT2D eigenvalue weighted by Crippen LogP contribution is -2.18. The van der Waals surface area contributed by atoms with Crippen molar-refractivity contribution in [1.29, 1.82) is 0 Å². The van der Waals surface area contributed by atoms with Gasteiger partial charge in [-0.3, -0.25) is 4.79 Å². The second kappa shape index (κ2) is 6.80. The number of amides is 1. The molecule has 2 heterocycles. The Balaban J connectivity index is 1.53. The third-order valence-electron chi connectivity index (χ3n) is 4.42. The standard InChI is InChI=1S/C21H18N4O/c1-2-14-7-5-8-17-16(12-22-20(14)17)13-23-25-21(26)19-11-10-15-6-3-4-9-18(15)24-19/h3-13,22H,2H2,1H3,(H,25,26)/b23-13+. The SMILES string of the molecule is CCc1cccc2c(/C=N/NC(=O)c3ccc4ccccc4n3)c[nH]c12. The average molecular weight is 342 g/mol. The van der Waals surface area contributed by atoms with E-state index in [-0.39, 0.29) is 5.91 Å². The van der Waals surface area contributed by atoms with Gasteiger partial charge in [-0.15, -0.1) is 0 Å². The first-order valence-corrected chi connectivity index (χ1v) is 8.54. The number of carbonyl (C=O) groups is 1. The van der Waals surface area contributed by atoms with Crippen molar-refractivity contribution in [3.63, 3.8) is 0 Å². The molecule has 2 aromatic heterocycles. The normalized spacial score (nSPS) is 11.4. The number of aromatic amines is 1. The van der Waals surface area contributed by atoms with Crippen LogP contribution in [0.15, 0.2) is 65.9 Å². The highest BCUT2D eigenvalue weighted by Crippen LogP contribution is 2.21. The second-order valence-electron chi connectivity index (χ2n) is 6.03. The quantitative estimate of drug-likeness (QED) is 0.434. The molecule has 0 unspecified atom stereocenters. The number of rotatable bonds is 4. The molecule has 5 nitrogen and oxygen atoms in total. The minimum Gasteiger partial charge on any atom is -0.360 e. The van der Waals surface area contributed by atoms with E-state index in [0.29, 0.717) is 5.69 Å². The smallest absolute Gasteiger partial charge is 0.289 e. The third kappa shape index (κ3) is 2.95. The molecule has 0 radical (unpaired) electrons. The Bertz CT molecular complexity index is 1130. The van der Waals surface area contributed by atoms with E-state index < -0.39 is 0 Å². The maximum atomic E-state index is 12.3. The topological polar surface area (TPSA) is 70.1 Å². The van der Waals surface area contributed by atoms with Crippen molar-refractivity contribution in [3.05, 3.63) is 77.6 Å². The van der Waals surface area contributed by atoms with Crippen LogP contribution in [0.5, 0.6) is 0 Å². The van der Waals surface area contributed by atoms with Gasteiger partial charge in [0, 0.05) is 28.0 Å². The monoisotopic (exact) mass is 342 g/mol. The lowest BCUT2D eigenvalue weighted by atomic mass is 10.1. The number of H-pyrrole nitrogens is 1. The van der Waals surface area contributed by atoms with Crippen LogP contribution in [-0.2, 0) is 6.42 Å². The van der Waals surface area contributed by atoms with Crippen LogP contribution >= 0.6 is 0 Å². The molecule has 0 aliphatic rings. The molecule has 26 heavy (non-hydrogen) atoms. The van der Waals surface area contributed by atoms with Crippen molar-refractivity contribution in [2.45, 2.75) is 13.3 Å². The molecule has 5 heteroatoms. The second-order valence-corrected chi connectivity index (χ2v) is 6.03. The number of nitrogens with one attached hydrogen (secondary N) is 2. The predicted octanol–water partition coefficient (Wildman–Crippen LogP) is 4.04. The van der Waals surface area contributed by atoms with Crippen molar-refractivity contribution in [2.75, 3.05) is 0 Å². The summed E-state index contributed by atoms with van der Waals surface area (Å²) >= 11 is 0. The maximum Gasteiger partial charge on any atom is 0.289 e. The molecule has 4 aromatic rings. The molecule has 0 spiro atoms. The third-order valence-corrected chi connectivity index (χ3v) is 4.42. The number of carbonyl (C=O) groups excluding carboxylic acids is 1. The minimum absolute atomic E-state index is 0.332. The van der Waals surface area contributed by atoms with Crippen molar-refractivity contribution in [1.82, 2.24) is 15.4 Å². The number of aromatic nitrogens is 2. The lowest BCUT2D eigenvalue weighted by Gasteiger charge is -2.01. The Hall–Kier alpha value is -3.47. The summed E-state index contributed by atoms with van der Waals surface area (Å²) in [6, 6.07) is 17.4. The molecule has 0 fully saturated rings. The molecule has 0 saturated heterocycles. The van der Waals surface area contributed by atoms with E-state index in [9.17, 15) is 4.79 Å². The average Bonchev–Trinajstić information content (AvgIpc) is 3.10. The van der Waals surface area contributed by atoms with Crippen LogP contribution < -0.4 is 5.43 Å². The number of fused-ring (bicyclic) bond motifs is 2. The molecule has 2 aromatic carbocycles. The lowest BCUT2D eigenvalue weighted by molar-refractivity contribution is 0.0950. The van der Waals surface area contributed by atoms with Gasteiger partial charge in [0.25, 0.3) is 5.91 Å². The highest BCUT2D eigenvalue weighted by Gasteiger charge is 2.08. The van der Waals surface area contributed by atoms with Crippen LogP contribution in [0.25, 0.3) is 21.8 Å². The number of para-hydroxylation sites is 2. The minimum atomic E-state index is -0.332. The predicted molar refractivity (Wildman–Crippen MR) is 104 cm³/mol. The highest BCUT2D eigenvalue weighted by molar-refractivity contribution is 6.01.